The Bertz CT molecular complexity index is 840. The van der Waals surface area contributed by atoms with E-state index >= 15 is 0 Å². The molecule has 0 saturated carbocycles. The number of ether oxygens (including phenoxy) is 1. The quantitative estimate of drug-likeness (QED) is 0.844. The predicted molar refractivity (Wildman–Crippen MR) is 111 cm³/mol. The number of amides is 1. The Kier molecular flexibility index (Phi) is 6.36. The maximum Gasteiger partial charge on any atom is 0.253 e. The van der Waals surface area contributed by atoms with Gasteiger partial charge in [-0.25, -0.2) is 4.98 Å². The largest absolute Gasteiger partial charge is 0.379 e. The van der Waals surface area contributed by atoms with Gasteiger partial charge in [0.2, 0.25) is 5.95 Å². The van der Waals surface area contributed by atoms with Crippen LogP contribution >= 0.6 is 11.6 Å². The van der Waals surface area contributed by atoms with Crippen molar-refractivity contribution in [3.8, 4) is 0 Å². The maximum absolute atomic E-state index is 12.4. The third-order valence-corrected chi connectivity index (χ3v) is 5.25. The van der Waals surface area contributed by atoms with Crippen LogP contribution in [0.3, 0.4) is 0 Å². The molecule has 1 aliphatic heterocycles. The first-order chi connectivity index (χ1) is 13.4. The molecule has 1 amide bonds. The average Bonchev–Trinajstić information content (AvgIpc) is 2.92. The summed E-state index contributed by atoms with van der Waals surface area (Å²) in [6.45, 7) is 6.37. The van der Waals surface area contributed by atoms with E-state index in [0.717, 1.165) is 30.0 Å². The highest BCUT2D eigenvalue weighted by Crippen LogP contribution is 2.33. The van der Waals surface area contributed by atoms with Crippen LogP contribution in [0.4, 0.5) is 11.8 Å². The Morgan fingerprint density at radius 1 is 1.39 bits per heavy atom. The molecule has 0 spiro atoms. The number of hydrogen-bond acceptors (Lipinski definition) is 6. The van der Waals surface area contributed by atoms with Gasteiger partial charge in [0.05, 0.1) is 12.6 Å². The Morgan fingerprint density at radius 2 is 2.18 bits per heavy atom. The molecule has 7 nitrogen and oxygen atoms in total. The minimum Gasteiger partial charge on any atom is -0.379 e. The zero-order valence-electron chi connectivity index (χ0n) is 16.5. The number of nitrogens with zero attached hydrogens (tertiary/aromatic N) is 4. The molecular formula is C20H26ClN5O2. The normalized spacial score (nSPS) is 17.3. The van der Waals surface area contributed by atoms with Gasteiger partial charge in [-0.3, -0.25) is 4.79 Å². The molecule has 0 radical (unpaired) electrons. The van der Waals surface area contributed by atoms with Crippen LogP contribution in [-0.4, -0.2) is 54.1 Å². The van der Waals surface area contributed by atoms with E-state index in [4.69, 9.17) is 22.1 Å². The molecule has 1 saturated heterocycles. The van der Waals surface area contributed by atoms with Crippen LogP contribution in [0, 0.1) is 6.92 Å². The van der Waals surface area contributed by atoms with Gasteiger partial charge in [0, 0.05) is 49.1 Å². The van der Waals surface area contributed by atoms with Crippen molar-refractivity contribution in [1.29, 1.82) is 0 Å². The molecule has 28 heavy (non-hydrogen) atoms. The second-order valence-corrected chi connectivity index (χ2v) is 7.33. The van der Waals surface area contributed by atoms with Gasteiger partial charge < -0.3 is 20.3 Å². The fourth-order valence-corrected chi connectivity index (χ4v) is 3.63. The molecule has 0 aliphatic carbocycles. The highest BCUT2D eigenvalue weighted by Gasteiger charge is 2.27. The van der Waals surface area contributed by atoms with Crippen molar-refractivity contribution < 1.29 is 9.53 Å². The first-order valence-corrected chi connectivity index (χ1v) is 9.79. The highest BCUT2D eigenvalue weighted by molar-refractivity contribution is 6.31. The summed E-state index contributed by atoms with van der Waals surface area (Å²) in [6, 6.07) is 7.24. The number of rotatable bonds is 4. The van der Waals surface area contributed by atoms with Crippen LogP contribution in [0.1, 0.15) is 41.0 Å². The topological polar surface area (TPSA) is 84.6 Å². The van der Waals surface area contributed by atoms with E-state index in [2.05, 4.69) is 14.9 Å². The van der Waals surface area contributed by atoms with Gasteiger partial charge in [-0.05, 0) is 38.0 Å². The molecule has 1 aromatic heterocycles. The van der Waals surface area contributed by atoms with Gasteiger partial charge >= 0.3 is 0 Å². The molecule has 150 valence electrons. The minimum atomic E-state index is -0.128. The number of halogens is 1. The van der Waals surface area contributed by atoms with Crippen molar-refractivity contribution >= 4 is 29.3 Å². The van der Waals surface area contributed by atoms with Gasteiger partial charge in [0.15, 0.2) is 0 Å². The summed E-state index contributed by atoms with van der Waals surface area (Å²) in [5, 5.41) is 0.537. The van der Waals surface area contributed by atoms with Gasteiger partial charge in [-0.1, -0.05) is 17.7 Å². The van der Waals surface area contributed by atoms with E-state index in [1.807, 2.05) is 32.0 Å². The third kappa shape index (κ3) is 4.36. The second kappa shape index (κ2) is 8.75. The summed E-state index contributed by atoms with van der Waals surface area (Å²) in [5.74, 6) is 0.945. The smallest absolute Gasteiger partial charge is 0.253 e. The van der Waals surface area contributed by atoms with Crippen molar-refractivity contribution in [1.82, 2.24) is 14.9 Å². The lowest BCUT2D eigenvalue weighted by Gasteiger charge is -2.31. The Balaban J connectivity index is 1.97. The molecule has 0 bridgehead atoms. The Labute approximate surface area is 170 Å². The summed E-state index contributed by atoms with van der Waals surface area (Å²) in [6.07, 6.45) is 0.870. The zero-order valence-corrected chi connectivity index (χ0v) is 17.2. The van der Waals surface area contributed by atoms with E-state index in [0.29, 0.717) is 30.3 Å². The van der Waals surface area contributed by atoms with Crippen molar-refractivity contribution in [2.24, 2.45) is 0 Å². The molecule has 1 fully saturated rings. The fourth-order valence-electron chi connectivity index (χ4n) is 3.33. The Morgan fingerprint density at radius 3 is 2.86 bits per heavy atom. The van der Waals surface area contributed by atoms with Crippen LogP contribution in [0.2, 0.25) is 5.02 Å². The number of carbonyl (C=O) groups excluding carboxylic acids is 1. The molecule has 1 aromatic carbocycles. The summed E-state index contributed by atoms with van der Waals surface area (Å²) in [4.78, 5) is 24.8. The molecule has 3 rings (SSSR count). The standard InChI is InChI=1S/C20H26ClN5O2/c1-4-25(3)19(27)14-6-7-15(16(21)11-14)17-12-28-9-5-8-26(17)18-10-13(2)23-20(22)24-18/h6-7,10-11,17H,4-5,8-9,12H2,1-3H3,(H2,22,23,24). The SMILES string of the molecule is CCN(C)C(=O)c1ccc(C2COCCCN2c2cc(C)nc(N)n2)c(Cl)c1. The molecule has 1 aliphatic rings. The lowest BCUT2D eigenvalue weighted by atomic mass is 10.0. The molecule has 2 heterocycles. The first kappa shape index (κ1) is 20.4. The van der Waals surface area contributed by atoms with E-state index in [1.54, 1.807) is 18.0 Å². The fraction of sp³-hybridized carbons (Fsp3) is 0.450. The van der Waals surface area contributed by atoms with Gasteiger partial charge in [-0.2, -0.15) is 4.98 Å². The number of aryl methyl sites for hydroxylation is 1. The molecule has 2 N–H and O–H groups in total. The minimum absolute atomic E-state index is 0.0517. The molecule has 1 unspecified atom stereocenters. The zero-order chi connectivity index (χ0) is 20.3. The molecule has 1 atom stereocenters. The van der Waals surface area contributed by atoms with Gasteiger partial charge in [-0.15, -0.1) is 0 Å². The molecule has 8 heteroatoms. The van der Waals surface area contributed by atoms with E-state index in [9.17, 15) is 4.79 Å². The molecular weight excluding hydrogens is 378 g/mol. The predicted octanol–water partition coefficient (Wildman–Crippen LogP) is 3.08. The summed E-state index contributed by atoms with van der Waals surface area (Å²) in [5.41, 5.74) is 8.14. The number of carbonyl (C=O) groups is 1. The second-order valence-electron chi connectivity index (χ2n) is 6.92. The van der Waals surface area contributed by atoms with Crippen LogP contribution < -0.4 is 10.6 Å². The van der Waals surface area contributed by atoms with Gasteiger partial charge in [0.1, 0.15) is 5.82 Å². The molecule has 2 aromatic rings. The van der Waals surface area contributed by atoms with Crippen LogP contribution in [-0.2, 0) is 4.74 Å². The van der Waals surface area contributed by atoms with Crippen LogP contribution in [0.25, 0.3) is 0 Å². The number of benzene rings is 1. The van der Waals surface area contributed by atoms with Crippen molar-refractivity contribution in [2.45, 2.75) is 26.3 Å². The lowest BCUT2D eigenvalue weighted by molar-refractivity contribution is 0.0802. The lowest BCUT2D eigenvalue weighted by Crippen LogP contribution is -2.32. The van der Waals surface area contributed by atoms with Crippen LogP contribution in [0.15, 0.2) is 24.3 Å². The van der Waals surface area contributed by atoms with E-state index in [1.165, 1.54) is 0 Å². The third-order valence-electron chi connectivity index (χ3n) is 4.92. The van der Waals surface area contributed by atoms with E-state index in [-0.39, 0.29) is 17.9 Å². The van der Waals surface area contributed by atoms with Crippen molar-refractivity contribution in [3.05, 3.63) is 46.1 Å². The summed E-state index contributed by atoms with van der Waals surface area (Å²) < 4.78 is 5.81. The number of anilines is 2. The van der Waals surface area contributed by atoms with Crippen LogP contribution in [0.5, 0.6) is 0 Å². The monoisotopic (exact) mass is 403 g/mol. The van der Waals surface area contributed by atoms with Crippen molar-refractivity contribution in [2.75, 3.05) is 44.0 Å². The number of nitrogen functional groups attached to an aromatic ring is 1. The number of aromatic nitrogens is 2. The highest BCUT2D eigenvalue weighted by atomic mass is 35.5. The first-order valence-electron chi connectivity index (χ1n) is 9.41. The average molecular weight is 404 g/mol. The van der Waals surface area contributed by atoms with E-state index < -0.39 is 0 Å². The number of hydrogen-bond donors (Lipinski definition) is 1. The summed E-state index contributed by atoms with van der Waals surface area (Å²) in [7, 11) is 1.77. The Hall–Kier alpha value is -2.38. The van der Waals surface area contributed by atoms with Gasteiger partial charge in [0.25, 0.3) is 5.91 Å². The van der Waals surface area contributed by atoms with Crippen molar-refractivity contribution in [3.63, 3.8) is 0 Å². The summed E-state index contributed by atoms with van der Waals surface area (Å²) >= 11 is 6.61. The maximum atomic E-state index is 12.4. The number of nitrogens with two attached hydrogens (primary N) is 1.